The summed E-state index contributed by atoms with van der Waals surface area (Å²) in [5.74, 6) is 0.152. The third-order valence-electron chi connectivity index (χ3n) is 6.17. The first-order chi connectivity index (χ1) is 15.9. The van der Waals surface area contributed by atoms with Gasteiger partial charge in [0.25, 0.3) is 0 Å². The number of hydrogen-bond acceptors (Lipinski definition) is 4. The zero-order valence-corrected chi connectivity index (χ0v) is 19.3. The lowest BCUT2D eigenvalue weighted by Gasteiger charge is -2.33. The fraction of sp³-hybridized carbons (Fsp3) is 0.154. The van der Waals surface area contributed by atoms with Gasteiger partial charge in [0.15, 0.2) is 16.9 Å². The Bertz CT molecular complexity index is 1430. The Morgan fingerprint density at radius 2 is 1.73 bits per heavy atom. The van der Waals surface area contributed by atoms with Crippen LogP contribution in [0.25, 0.3) is 22.0 Å². The Morgan fingerprint density at radius 3 is 2.48 bits per heavy atom. The predicted octanol–water partition coefficient (Wildman–Crippen LogP) is 4.27. The fourth-order valence-corrected chi connectivity index (χ4v) is 5.42. The van der Waals surface area contributed by atoms with E-state index in [0.29, 0.717) is 0 Å². The van der Waals surface area contributed by atoms with Crippen LogP contribution in [0.2, 0.25) is 0 Å². The van der Waals surface area contributed by atoms with Gasteiger partial charge in [0.1, 0.15) is 0 Å². The number of aliphatic imine (C=N–C) groups is 1. The van der Waals surface area contributed by atoms with Crippen LogP contribution in [0.1, 0.15) is 18.9 Å². The van der Waals surface area contributed by atoms with Crippen LogP contribution in [0.4, 0.5) is 0 Å². The van der Waals surface area contributed by atoms with Gasteiger partial charge in [-0.3, -0.25) is 13.7 Å². The molecule has 0 spiro atoms. The van der Waals surface area contributed by atoms with E-state index in [1.165, 1.54) is 4.90 Å². The number of nitrogens with zero attached hydrogens (tertiary/aromatic N) is 3. The molecule has 0 fully saturated rings. The summed E-state index contributed by atoms with van der Waals surface area (Å²) in [6.07, 6.45) is 2.18. The highest BCUT2D eigenvalue weighted by atomic mass is 32.2. The summed E-state index contributed by atoms with van der Waals surface area (Å²) in [7, 11) is 0.260. The van der Waals surface area contributed by atoms with Gasteiger partial charge >= 0.3 is 0 Å². The normalized spacial score (nSPS) is 19.5. The molecule has 0 saturated carbocycles. The number of carbonyl (C=O) groups excluding carboxylic acids is 1. The smallest absolute Gasteiger partial charge is 0.231 e. The SMILES string of the molecule is CN1C(=O)CC(C)(c2cccc(-c3cn(S(=O)c4ccccc4)c4ccccc34)c2)N=C1N. The van der Waals surface area contributed by atoms with Crippen molar-refractivity contribution in [2.24, 2.45) is 10.7 Å². The first-order valence-corrected chi connectivity index (χ1v) is 11.8. The number of rotatable bonds is 4. The second-order valence-corrected chi connectivity index (χ2v) is 9.77. The van der Waals surface area contributed by atoms with Crippen molar-refractivity contribution in [2.45, 2.75) is 23.8 Å². The molecule has 4 aromatic rings. The highest BCUT2D eigenvalue weighted by Crippen LogP contribution is 2.37. The summed E-state index contributed by atoms with van der Waals surface area (Å²) in [6.45, 7) is 1.93. The first kappa shape index (κ1) is 21.2. The monoisotopic (exact) mass is 456 g/mol. The van der Waals surface area contributed by atoms with E-state index in [2.05, 4.69) is 4.99 Å². The molecule has 7 heteroatoms. The molecular formula is C26H24N4O2S. The standard InChI is InChI=1S/C26H24N4O2S/c1-26(16-24(31)29(2)25(27)28-26)19-10-8-9-18(15-19)22-17-30(23-14-7-6-13-21(22)23)33(32)20-11-4-3-5-12-20/h3-15,17H,16H2,1-2H3,(H2,27,28). The molecule has 2 heterocycles. The molecule has 3 aromatic carbocycles. The van der Waals surface area contributed by atoms with Crippen molar-refractivity contribution in [2.75, 3.05) is 7.05 Å². The summed E-state index contributed by atoms with van der Waals surface area (Å²) in [5.41, 5.74) is 9.01. The van der Waals surface area contributed by atoms with E-state index in [1.807, 2.05) is 96.0 Å². The Morgan fingerprint density at radius 1 is 1.00 bits per heavy atom. The van der Waals surface area contributed by atoms with Crippen LogP contribution in [0, 0.1) is 0 Å². The van der Waals surface area contributed by atoms with Crippen LogP contribution >= 0.6 is 0 Å². The van der Waals surface area contributed by atoms with Gasteiger partial charge in [-0.05, 0) is 42.3 Å². The third-order valence-corrected chi connectivity index (χ3v) is 7.51. The average molecular weight is 457 g/mol. The molecule has 2 N–H and O–H groups in total. The summed E-state index contributed by atoms with van der Waals surface area (Å²) < 4.78 is 15.2. The number of amides is 1. The van der Waals surface area contributed by atoms with Gasteiger partial charge in [-0.15, -0.1) is 0 Å². The molecule has 0 bridgehead atoms. The van der Waals surface area contributed by atoms with Crippen molar-refractivity contribution in [1.29, 1.82) is 0 Å². The van der Waals surface area contributed by atoms with Crippen LogP contribution in [0.3, 0.4) is 0 Å². The molecule has 1 aliphatic heterocycles. The van der Waals surface area contributed by atoms with Crippen LogP contribution in [-0.4, -0.2) is 32.0 Å². The molecule has 1 aliphatic rings. The van der Waals surface area contributed by atoms with Gasteiger partial charge in [0, 0.05) is 24.2 Å². The number of para-hydroxylation sites is 1. The lowest BCUT2D eigenvalue weighted by Crippen LogP contribution is -2.47. The Labute approximate surface area is 194 Å². The van der Waals surface area contributed by atoms with E-state index in [-0.39, 0.29) is 18.3 Å². The van der Waals surface area contributed by atoms with Gasteiger partial charge in [0.05, 0.1) is 22.4 Å². The minimum atomic E-state index is -1.38. The Balaban J connectivity index is 1.63. The predicted molar refractivity (Wildman–Crippen MR) is 132 cm³/mol. The average Bonchev–Trinajstić information content (AvgIpc) is 3.22. The largest absolute Gasteiger partial charge is 0.369 e. The summed E-state index contributed by atoms with van der Waals surface area (Å²) in [5, 5.41) is 1.01. The van der Waals surface area contributed by atoms with E-state index < -0.39 is 16.5 Å². The fourth-order valence-electron chi connectivity index (χ4n) is 4.26. The maximum Gasteiger partial charge on any atom is 0.231 e. The molecule has 0 radical (unpaired) electrons. The number of fused-ring (bicyclic) bond motifs is 1. The lowest BCUT2D eigenvalue weighted by atomic mass is 9.86. The van der Waals surface area contributed by atoms with Crippen molar-refractivity contribution in [3.05, 3.63) is 90.6 Å². The van der Waals surface area contributed by atoms with Gasteiger partial charge in [-0.1, -0.05) is 54.6 Å². The van der Waals surface area contributed by atoms with Crippen molar-refractivity contribution in [3.8, 4) is 11.1 Å². The molecule has 166 valence electrons. The van der Waals surface area contributed by atoms with E-state index in [1.54, 1.807) is 7.05 Å². The van der Waals surface area contributed by atoms with Crippen LogP contribution in [-0.2, 0) is 21.3 Å². The highest BCUT2D eigenvalue weighted by Gasteiger charge is 2.36. The van der Waals surface area contributed by atoms with Crippen LogP contribution in [0.15, 0.2) is 94.9 Å². The second kappa shape index (κ2) is 8.01. The van der Waals surface area contributed by atoms with Crippen LogP contribution < -0.4 is 5.73 Å². The molecule has 1 aromatic heterocycles. The minimum Gasteiger partial charge on any atom is -0.369 e. The van der Waals surface area contributed by atoms with Crippen molar-refractivity contribution in [3.63, 3.8) is 0 Å². The first-order valence-electron chi connectivity index (χ1n) is 10.7. The highest BCUT2D eigenvalue weighted by molar-refractivity contribution is 7.83. The van der Waals surface area contributed by atoms with Gasteiger partial charge in [-0.2, -0.15) is 0 Å². The molecule has 0 saturated heterocycles. The van der Waals surface area contributed by atoms with Crippen LogP contribution in [0.5, 0.6) is 0 Å². The summed E-state index contributed by atoms with van der Waals surface area (Å²) >= 11 is 0. The zero-order valence-electron chi connectivity index (χ0n) is 18.4. The molecular weight excluding hydrogens is 432 g/mol. The quantitative estimate of drug-likeness (QED) is 0.498. The lowest BCUT2D eigenvalue weighted by molar-refractivity contribution is -0.128. The van der Waals surface area contributed by atoms with E-state index in [4.69, 9.17) is 5.73 Å². The molecule has 6 nitrogen and oxygen atoms in total. The molecule has 2 unspecified atom stereocenters. The maximum atomic E-state index is 13.4. The third kappa shape index (κ3) is 3.64. The Kier molecular flexibility index (Phi) is 5.13. The number of guanidine groups is 1. The Hall–Kier alpha value is -3.71. The summed E-state index contributed by atoms with van der Waals surface area (Å²) in [4.78, 5) is 19.2. The van der Waals surface area contributed by atoms with E-state index >= 15 is 0 Å². The zero-order chi connectivity index (χ0) is 23.2. The molecule has 1 amide bonds. The van der Waals surface area contributed by atoms with E-state index in [0.717, 1.165) is 32.5 Å². The van der Waals surface area contributed by atoms with Crippen molar-refractivity contribution < 1.29 is 9.00 Å². The topological polar surface area (TPSA) is 80.7 Å². The van der Waals surface area contributed by atoms with Crippen molar-refractivity contribution in [1.82, 2.24) is 8.87 Å². The van der Waals surface area contributed by atoms with Gasteiger partial charge < -0.3 is 5.73 Å². The van der Waals surface area contributed by atoms with Crippen molar-refractivity contribution >= 4 is 33.8 Å². The van der Waals surface area contributed by atoms with Gasteiger partial charge in [-0.25, -0.2) is 9.20 Å². The molecule has 2 atom stereocenters. The molecule has 33 heavy (non-hydrogen) atoms. The molecule has 5 rings (SSSR count). The second-order valence-electron chi connectivity index (χ2n) is 8.40. The number of hydrogen-bond donors (Lipinski definition) is 1. The molecule has 0 aliphatic carbocycles. The number of benzene rings is 3. The maximum absolute atomic E-state index is 13.4. The summed E-state index contributed by atoms with van der Waals surface area (Å²) in [6, 6.07) is 25.4. The minimum absolute atomic E-state index is 0.0646. The number of aromatic nitrogens is 1. The van der Waals surface area contributed by atoms with Gasteiger partial charge in [0.2, 0.25) is 5.91 Å². The number of nitrogens with two attached hydrogens (primary N) is 1. The van der Waals surface area contributed by atoms with E-state index in [9.17, 15) is 9.00 Å². The number of carbonyl (C=O) groups is 1.